The van der Waals surface area contributed by atoms with Crippen LogP contribution in [0.25, 0.3) is 11.3 Å². The summed E-state index contributed by atoms with van der Waals surface area (Å²) in [6.07, 6.45) is 0. The highest BCUT2D eigenvalue weighted by Crippen LogP contribution is 2.29. The summed E-state index contributed by atoms with van der Waals surface area (Å²) in [5.74, 6) is -2.51. The van der Waals surface area contributed by atoms with Crippen molar-refractivity contribution in [3.8, 4) is 17.0 Å². The Balaban J connectivity index is 1.61. The predicted octanol–water partition coefficient (Wildman–Crippen LogP) is 4.34. The molecule has 0 aliphatic heterocycles. The number of sulfonamides is 1. The van der Waals surface area contributed by atoms with Crippen LogP contribution < -0.4 is 14.6 Å². The minimum Gasteiger partial charge on any atom is -0.858 e. The average Bonchev–Trinajstić information content (AvgIpc) is 3.29. The minimum absolute atomic E-state index is 0.0325. The van der Waals surface area contributed by atoms with Gasteiger partial charge in [-0.05, 0) is 54.4 Å². The molecule has 4 rings (SSSR count). The van der Waals surface area contributed by atoms with Crippen LogP contribution in [0.5, 0.6) is 5.75 Å². The molecule has 174 valence electrons. The van der Waals surface area contributed by atoms with Crippen molar-refractivity contribution in [2.75, 3.05) is 11.8 Å². The molecule has 11 heteroatoms. The van der Waals surface area contributed by atoms with Gasteiger partial charge in [-0.2, -0.15) is 0 Å². The van der Waals surface area contributed by atoms with E-state index < -0.39 is 32.5 Å². The lowest BCUT2D eigenvalue weighted by molar-refractivity contribution is -0.212. The average molecular weight is 501 g/mol. The zero-order valence-electron chi connectivity index (χ0n) is 17.5. The number of halogens is 2. The van der Waals surface area contributed by atoms with Gasteiger partial charge in [0.25, 0.3) is 10.0 Å². The van der Waals surface area contributed by atoms with Crippen LogP contribution in [-0.2, 0) is 10.0 Å². The van der Waals surface area contributed by atoms with Crippen LogP contribution >= 0.6 is 11.3 Å². The SMILES string of the molecule is COc1ccc(-c2csc(N=C([O-])c3ccccc3NS(=O)(=O)c3ccc(F)c(F)c3)n2)cc1. The highest BCUT2D eigenvalue weighted by Gasteiger charge is 2.18. The Labute approximate surface area is 198 Å². The largest absolute Gasteiger partial charge is 0.858 e. The zero-order valence-corrected chi connectivity index (χ0v) is 19.2. The standard InChI is InChI=1S/C23H17F2N3O4S2/c1-32-15-8-6-14(7-9-15)21-13-33-23(26-21)27-22(29)17-4-2-3-5-20(17)28-34(30,31)16-10-11-18(24)19(25)12-16/h2-13,28H,1H3,(H,26,27,29)/p-1. The summed E-state index contributed by atoms with van der Waals surface area (Å²) < 4.78 is 59.3. The van der Waals surface area contributed by atoms with Gasteiger partial charge in [0.1, 0.15) is 5.75 Å². The van der Waals surface area contributed by atoms with E-state index in [1.165, 1.54) is 18.2 Å². The molecule has 0 bridgehead atoms. The number of hydrogen-bond acceptors (Lipinski definition) is 7. The number of methoxy groups -OCH3 is 1. The van der Waals surface area contributed by atoms with Crippen molar-refractivity contribution in [1.29, 1.82) is 0 Å². The maximum atomic E-state index is 13.5. The summed E-state index contributed by atoms with van der Waals surface area (Å²) >= 11 is 1.15. The van der Waals surface area contributed by atoms with E-state index in [1.54, 1.807) is 30.7 Å². The Kier molecular flexibility index (Phi) is 6.57. The van der Waals surface area contributed by atoms with Crippen molar-refractivity contribution in [2.45, 2.75) is 4.90 Å². The van der Waals surface area contributed by atoms with Crippen molar-refractivity contribution >= 4 is 38.1 Å². The van der Waals surface area contributed by atoms with Gasteiger partial charge in [-0.1, -0.05) is 18.2 Å². The van der Waals surface area contributed by atoms with Crippen LogP contribution in [-0.4, -0.2) is 26.4 Å². The van der Waals surface area contributed by atoms with Crippen molar-refractivity contribution in [1.82, 2.24) is 4.98 Å². The summed E-state index contributed by atoms with van der Waals surface area (Å²) in [4.78, 5) is 7.85. The summed E-state index contributed by atoms with van der Waals surface area (Å²) in [6.45, 7) is 0. The second kappa shape index (κ2) is 9.57. The third kappa shape index (κ3) is 5.05. The number of hydrogen-bond donors (Lipinski definition) is 1. The van der Waals surface area contributed by atoms with E-state index in [0.29, 0.717) is 23.6 Å². The van der Waals surface area contributed by atoms with E-state index >= 15 is 0 Å². The molecule has 0 atom stereocenters. The Morgan fingerprint density at radius 1 is 1.06 bits per heavy atom. The number of benzene rings is 3. The second-order valence-corrected chi connectivity index (χ2v) is 9.41. The maximum Gasteiger partial charge on any atom is 0.262 e. The van der Waals surface area contributed by atoms with E-state index in [0.717, 1.165) is 23.0 Å². The third-order valence-electron chi connectivity index (χ3n) is 4.68. The van der Waals surface area contributed by atoms with Crippen LogP contribution in [0.3, 0.4) is 0 Å². The monoisotopic (exact) mass is 500 g/mol. The number of rotatable bonds is 7. The molecule has 0 unspecified atom stereocenters. The molecule has 0 saturated carbocycles. The predicted molar refractivity (Wildman–Crippen MR) is 124 cm³/mol. The molecule has 1 N–H and O–H groups in total. The topological polar surface area (TPSA) is 104 Å². The molecular formula is C23H16F2N3O4S2-. The molecule has 0 aliphatic rings. The Bertz CT molecular complexity index is 1470. The molecule has 0 saturated heterocycles. The molecule has 0 amide bonds. The lowest BCUT2D eigenvalue weighted by Crippen LogP contribution is -2.22. The molecule has 0 aliphatic carbocycles. The van der Waals surface area contributed by atoms with Crippen LogP contribution in [0.15, 0.2) is 82.0 Å². The first kappa shape index (κ1) is 23.3. The highest BCUT2D eigenvalue weighted by atomic mass is 32.2. The van der Waals surface area contributed by atoms with Gasteiger partial charge in [0, 0.05) is 16.5 Å². The molecule has 0 radical (unpaired) electrons. The molecular weight excluding hydrogens is 484 g/mol. The molecule has 1 aromatic heterocycles. The van der Waals surface area contributed by atoms with Crippen molar-refractivity contribution in [3.63, 3.8) is 0 Å². The summed E-state index contributed by atoms with van der Waals surface area (Å²) in [6, 6.07) is 15.2. The number of anilines is 1. The lowest BCUT2D eigenvalue weighted by atomic mass is 10.2. The molecule has 3 aromatic carbocycles. The normalized spacial score (nSPS) is 11.9. The Morgan fingerprint density at radius 2 is 1.79 bits per heavy atom. The number of nitrogens with zero attached hydrogens (tertiary/aromatic N) is 2. The lowest BCUT2D eigenvalue weighted by Gasteiger charge is -2.16. The van der Waals surface area contributed by atoms with E-state index in [9.17, 15) is 22.3 Å². The zero-order chi connectivity index (χ0) is 24.3. The van der Waals surface area contributed by atoms with Gasteiger partial charge in [-0.15, -0.1) is 11.3 Å². The third-order valence-corrected chi connectivity index (χ3v) is 6.78. The fourth-order valence-electron chi connectivity index (χ4n) is 2.96. The van der Waals surface area contributed by atoms with Gasteiger partial charge >= 0.3 is 0 Å². The second-order valence-electron chi connectivity index (χ2n) is 6.89. The maximum absolute atomic E-state index is 13.5. The van der Waals surface area contributed by atoms with Crippen LogP contribution in [0, 0.1) is 11.6 Å². The van der Waals surface area contributed by atoms with Crippen LogP contribution in [0.1, 0.15) is 5.56 Å². The number of nitrogens with one attached hydrogen (secondary N) is 1. The molecule has 0 spiro atoms. The summed E-state index contributed by atoms with van der Waals surface area (Å²) in [7, 11) is -2.73. The first-order valence-electron chi connectivity index (χ1n) is 9.70. The molecule has 7 nitrogen and oxygen atoms in total. The Morgan fingerprint density at radius 3 is 2.50 bits per heavy atom. The number of aromatic nitrogens is 1. The number of ether oxygens (including phenoxy) is 1. The van der Waals surface area contributed by atoms with E-state index in [-0.39, 0.29) is 16.4 Å². The van der Waals surface area contributed by atoms with Gasteiger partial charge in [0.05, 0.1) is 23.4 Å². The molecule has 34 heavy (non-hydrogen) atoms. The van der Waals surface area contributed by atoms with E-state index in [2.05, 4.69) is 14.7 Å². The van der Waals surface area contributed by atoms with Gasteiger partial charge in [-0.3, -0.25) is 4.72 Å². The molecule has 0 fully saturated rings. The number of aliphatic imine (C=N–C) groups is 1. The first-order chi connectivity index (χ1) is 16.3. The van der Waals surface area contributed by atoms with Gasteiger partial charge in [0.15, 0.2) is 11.6 Å². The number of para-hydroxylation sites is 1. The fourth-order valence-corrected chi connectivity index (χ4v) is 4.75. The molecule has 4 aromatic rings. The molecule has 1 heterocycles. The number of thiazole rings is 1. The Hall–Kier alpha value is -3.83. The fraction of sp³-hybridized carbons (Fsp3) is 0.0435. The van der Waals surface area contributed by atoms with E-state index in [4.69, 9.17) is 4.74 Å². The van der Waals surface area contributed by atoms with Crippen LogP contribution in [0.4, 0.5) is 19.6 Å². The van der Waals surface area contributed by atoms with Gasteiger partial charge < -0.3 is 9.84 Å². The quantitative estimate of drug-likeness (QED) is 0.300. The van der Waals surface area contributed by atoms with Crippen molar-refractivity contribution < 1.29 is 27.0 Å². The highest BCUT2D eigenvalue weighted by molar-refractivity contribution is 7.92. The minimum atomic E-state index is -4.29. The van der Waals surface area contributed by atoms with Crippen molar-refractivity contribution in [3.05, 3.63) is 89.3 Å². The summed E-state index contributed by atoms with van der Waals surface area (Å²) in [5, 5.41) is 14.8. The van der Waals surface area contributed by atoms with Gasteiger partial charge in [-0.25, -0.2) is 27.2 Å². The smallest absolute Gasteiger partial charge is 0.262 e. The summed E-state index contributed by atoms with van der Waals surface area (Å²) in [5.41, 5.74) is 1.33. The first-order valence-corrected chi connectivity index (χ1v) is 12.1. The van der Waals surface area contributed by atoms with Gasteiger partial charge in [0.2, 0.25) is 5.13 Å². The van der Waals surface area contributed by atoms with Crippen LogP contribution in [0.2, 0.25) is 0 Å². The van der Waals surface area contributed by atoms with Crippen molar-refractivity contribution in [2.24, 2.45) is 4.99 Å². The van der Waals surface area contributed by atoms with E-state index in [1.807, 2.05) is 12.1 Å².